The number of benzene rings is 2. The maximum absolute atomic E-state index is 12.6. The molecule has 0 aliphatic heterocycles. The van der Waals surface area contributed by atoms with Gasteiger partial charge in [-0.1, -0.05) is 24.3 Å². The number of nitrogens with one attached hydrogen (secondary N) is 1. The lowest BCUT2D eigenvalue weighted by Gasteiger charge is -2.22. The fourth-order valence-electron chi connectivity index (χ4n) is 2.95. The zero-order valence-corrected chi connectivity index (χ0v) is 16.4. The summed E-state index contributed by atoms with van der Waals surface area (Å²) in [5.74, 6) is 0.656. The first-order valence-corrected chi connectivity index (χ1v) is 8.81. The van der Waals surface area contributed by atoms with E-state index in [-0.39, 0.29) is 11.9 Å². The van der Waals surface area contributed by atoms with Crippen LogP contribution in [0.25, 0.3) is 0 Å². The Kier molecular flexibility index (Phi) is 5.89. The summed E-state index contributed by atoms with van der Waals surface area (Å²) >= 11 is 0. The Hall–Kier alpha value is -2.29. The highest BCUT2D eigenvalue weighted by atomic mass is 16.5. The molecule has 2 atom stereocenters. The first kappa shape index (κ1) is 19.0. The number of ether oxygens (including phenoxy) is 1. The first-order valence-electron chi connectivity index (χ1n) is 8.81. The van der Waals surface area contributed by atoms with Crippen LogP contribution >= 0.6 is 0 Å². The standard InChI is InChI=1S/C22H29NO2/c1-13-9-8-10-21(17(13)5)25-19(7)22(24)23-18(6)20-12-15(3)14(2)11-16(20)4/h8-12,18-19H,1-7H3,(H,23,24)/t18-,19-/m1/s1. The SMILES string of the molecule is Cc1cc(C)c([C@@H](C)NC(=O)[C@@H](C)Oc2cccc(C)c2C)cc1C. The zero-order chi connectivity index (χ0) is 18.7. The van der Waals surface area contributed by atoms with Gasteiger partial charge in [0.2, 0.25) is 0 Å². The van der Waals surface area contributed by atoms with E-state index in [1.807, 2.05) is 39.0 Å². The Morgan fingerprint density at radius 2 is 1.56 bits per heavy atom. The molecule has 0 saturated carbocycles. The lowest BCUT2D eigenvalue weighted by Crippen LogP contribution is -2.38. The molecule has 0 aliphatic rings. The average Bonchev–Trinajstić information content (AvgIpc) is 2.54. The molecule has 1 amide bonds. The van der Waals surface area contributed by atoms with E-state index < -0.39 is 6.10 Å². The van der Waals surface area contributed by atoms with Gasteiger partial charge in [-0.05, 0) is 87.9 Å². The van der Waals surface area contributed by atoms with Crippen LogP contribution in [-0.2, 0) is 4.79 Å². The summed E-state index contributed by atoms with van der Waals surface area (Å²) in [5.41, 5.74) is 7.08. The van der Waals surface area contributed by atoms with Crippen LogP contribution < -0.4 is 10.1 Å². The molecular formula is C22H29NO2. The zero-order valence-electron chi connectivity index (χ0n) is 16.4. The summed E-state index contributed by atoms with van der Waals surface area (Å²) in [5, 5.41) is 3.07. The number of amides is 1. The van der Waals surface area contributed by atoms with Gasteiger partial charge in [-0.3, -0.25) is 4.79 Å². The van der Waals surface area contributed by atoms with E-state index in [9.17, 15) is 4.79 Å². The number of carbonyl (C=O) groups excluding carboxylic acids is 1. The third-order valence-corrected chi connectivity index (χ3v) is 4.94. The van der Waals surface area contributed by atoms with Crippen LogP contribution in [0, 0.1) is 34.6 Å². The molecule has 0 aromatic heterocycles. The molecule has 25 heavy (non-hydrogen) atoms. The smallest absolute Gasteiger partial charge is 0.261 e. The third kappa shape index (κ3) is 4.41. The molecule has 0 spiro atoms. The van der Waals surface area contributed by atoms with Crippen LogP contribution in [0.4, 0.5) is 0 Å². The average molecular weight is 339 g/mol. The Balaban J connectivity index is 2.08. The summed E-state index contributed by atoms with van der Waals surface area (Å²) in [6.45, 7) is 14.1. The molecule has 0 aliphatic carbocycles. The Morgan fingerprint density at radius 3 is 2.24 bits per heavy atom. The van der Waals surface area contributed by atoms with Gasteiger partial charge in [-0.25, -0.2) is 0 Å². The summed E-state index contributed by atoms with van der Waals surface area (Å²) < 4.78 is 5.89. The van der Waals surface area contributed by atoms with Crippen molar-refractivity contribution in [3.8, 4) is 5.75 Å². The van der Waals surface area contributed by atoms with Gasteiger partial charge < -0.3 is 10.1 Å². The maximum atomic E-state index is 12.6. The van der Waals surface area contributed by atoms with E-state index in [2.05, 4.69) is 38.2 Å². The second-order valence-corrected chi connectivity index (χ2v) is 6.98. The number of hydrogen-bond donors (Lipinski definition) is 1. The number of aryl methyl sites for hydroxylation is 4. The molecule has 3 nitrogen and oxygen atoms in total. The van der Waals surface area contributed by atoms with E-state index >= 15 is 0 Å². The fraction of sp³-hybridized carbons (Fsp3) is 0.409. The van der Waals surface area contributed by atoms with Crippen LogP contribution in [0.3, 0.4) is 0 Å². The van der Waals surface area contributed by atoms with E-state index in [0.29, 0.717) is 0 Å². The van der Waals surface area contributed by atoms with Gasteiger partial charge in [-0.15, -0.1) is 0 Å². The van der Waals surface area contributed by atoms with Crippen molar-refractivity contribution in [2.45, 2.75) is 60.6 Å². The van der Waals surface area contributed by atoms with Crippen LogP contribution in [0.2, 0.25) is 0 Å². The molecule has 0 radical (unpaired) electrons. The van der Waals surface area contributed by atoms with E-state index in [1.165, 1.54) is 16.7 Å². The molecule has 2 aromatic carbocycles. The fourth-order valence-corrected chi connectivity index (χ4v) is 2.95. The predicted molar refractivity (Wildman–Crippen MR) is 103 cm³/mol. The number of hydrogen-bond acceptors (Lipinski definition) is 2. The van der Waals surface area contributed by atoms with Crippen molar-refractivity contribution in [3.63, 3.8) is 0 Å². The van der Waals surface area contributed by atoms with Crippen LogP contribution in [0.15, 0.2) is 30.3 Å². The Labute approximate surface area is 151 Å². The van der Waals surface area contributed by atoms with Crippen molar-refractivity contribution in [2.24, 2.45) is 0 Å². The largest absolute Gasteiger partial charge is 0.481 e. The van der Waals surface area contributed by atoms with Gasteiger partial charge in [0.15, 0.2) is 6.10 Å². The molecule has 3 heteroatoms. The van der Waals surface area contributed by atoms with Gasteiger partial charge in [-0.2, -0.15) is 0 Å². The highest BCUT2D eigenvalue weighted by Crippen LogP contribution is 2.23. The first-order chi connectivity index (χ1) is 11.7. The second-order valence-electron chi connectivity index (χ2n) is 6.98. The van der Waals surface area contributed by atoms with Crippen LogP contribution in [-0.4, -0.2) is 12.0 Å². The van der Waals surface area contributed by atoms with E-state index in [1.54, 1.807) is 6.92 Å². The summed E-state index contributed by atoms with van der Waals surface area (Å²) in [6.07, 6.45) is -0.546. The third-order valence-electron chi connectivity index (χ3n) is 4.94. The topological polar surface area (TPSA) is 38.3 Å². The summed E-state index contributed by atoms with van der Waals surface area (Å²) in [4.78, 5) is 12.6. The molecular weight excluding hydrogens is 310 g/mol. The van der Waals surface area contributed by atoms with Gasteiger partial charge in [0.1, 0.15) is 5.75 Å². The van der Waals surface area contributed by atoms with Gasteiger partial charge >= 0.3 is 0 Å². The molecule has 1 N–H and O–H groups in total. The van der Waals surface area contributed by atoms with Gasteiger partial charge in [0.05, 0.1) is 6.04 Å². The van der Waals surface area contributed by atoms with Gasteiger partial charge in [0, 0.05) is 0 Å². The number of rotatable bonds is 5. The van der Waals surface area contributed by atoms with Crippen LogP contribution in [0.5, 0.6) is 5.75 Å². The molecule has 2 aromatic rings. The molecule has 0 saturated heterocycles. The lowest BCUT2D eigenvalue weighted by atomic mass is 9.96. The summed E-state index contributed by atoms with van der Waals surface area (Å²) in [7, 11) is 0. The molecule has 134 valence electrons. The highest BCUT2D eigenvalue weighted by Gasteiger charge is 2.19. The molecule has 0 heterocycles. The van der Waals surface area contributed by atoms with Crippen molar-refractivity contribution < 1.29 is 9.53 Å². The lowest BCUT2D eigenvalue weighted by molar-refractivity contribution is -0.127. The minimum atomic E-state index is -0.546. The van der Waals surface area contributed by atoms with Crippen molar-refractivity contribution in [2.75, 3.05) is 0 Å². The summed E-state index contributed by atoms with van der Waals surface area (Å²) in [6, 6.07) is 10.2. The minimum Gasteiger partial charge on any atom is -0.481 e. The molecule has 0 bridgehead atoms. The Morgan fingerprint density at radius 1 is 0.920 bits per heavy atom. The number of carbonyl (C=O) groups is 1. The van der Waals surface area contributed by atoms with Crippen molar-refractivity contribution in [3.05, 3.63) is 63.7 Å². The van der Waals surface area contributed by atoms with Crippen molar-refractivity contribution >= 4 is 5.91 Å². The molecule has 0 fully saturated rings. The van der Waals surface area contributed by atoms with Crippen LogP contribution in [0.1, 0.15) is 53.3 Å². The maximum Gasteiger partial charge on any atom is 0.261 e. The normalized spacial score (nSPS) is 13.2. The minimum absolute atomic E-state index is 0.0588. The predicted octanol–water partition coefficient (Wildman–Crippen LogP) is 4.87. The van der Waals surface area contributed by atoms with Crippen molar-refractivity contribution in [1.29, 1.82) is 0 Å². The molecule has 0 unspecified atom stereocenters. The second kappa shape index (κ2) is 7.73. The molecule has 2 rings (SSSR count). The van der Waals surface area contributed by atoms with E-state index in [4.69, 9.17) is 4.74 Å². The van der Waals surface area contributed by atoms with Crippen molar-refractivity contribution in [1.82, 2.24) is 5.32 Å². The Bertz CT molecular complexity index is 780. The highest BCUT2D eigenvalue weighted by molar-refractivity contribution is 5.81. The van der Waals surface area contributed by atoms with E-state index in [0.717, 1.165) is 22.4 Å². The quantitative estimate of drug-likeness (QED) is 0.843. The van der Waals surface area contributed by atoms with Gasteiger partial charge in [0.25, 0.3) is 5.91 Å². The monoisotopic (exact) mass is 339 g/mol.